The molecular weight excluding hydrogens is 462 g/mol. The first-order valence-corrected chi connectivity index (χ1v) is 13.2. The number of nitrogen functional groups attached to an aromatic ring is 1. The summed E-state index contributed by atoms with van der Waals surface area (Å²) < 4.78 is 8.42. The van der Waals surface area contributed by atoms with Crippen molar-refractivity contribution in [2.75, 3.05) is 18.8 Å². The van der Waals surface area contributed by atoms with E-state index >= 15 is 0 Å². The third-order valence-electron chi connectivity index (χ3n) is 7.36. The van der Waals surface area contributed by atoms with Gasteiger partial charge in [0.05, 0.1) is 5.39 Å². The van der Waals surface area contributed by atoms with Crippen LogP contribution in [0.3, 0.4) is 0 Å². The fourth-order valence-electron chi connectivity index (χ4n) is 5.42. The minimum atomic E-state index is 0.363. The molecule has 0 radical (unpaired) electrons. The zero-order valence-corrected chi connectivity index (χ0v) is 20.9. The first-order chi connectivity index (χ1) is 18.2. The molecule has 4 N–H and O–H groups in total. The summed E-state index contributed by atoms with van der Waals surface area (Å²) in [5.74, 6) is 2.29. The lowest BCUT2D eigenvalue weighted by molar-refractivity contribution is 0.306. The highest BCUT2D eigenvalue weighted by molar-refractivity contribution is 6.00. The number of hydrogen-bond donors (Lipinski definition) is 3. The van der Waals surface area contributed by atoms with Crippen LogP contribution in [0.2, 0.25) is 0 Å². The van der Waals surface area contributed by atoms with E-state index in [0.717, 1.165) is 84.6 Å². The highest BCUT2D eigenvalue weighted by atomic mass is 16.5. The van der Waals surface area contributed by atoms with Crippen LogP contribution in [0.5, 0.6) is 5.75 Å². The predicted octanol–water partition coefficient (Wildman–Crippen LogP) is 4.68. The molecule has 0 unspecified atom stereocenters. The molecule has 2 aliphatic rings. The Morgan fingerprint density at radius 3 is 2.70 bits per heavy atom. The number of ether oxygens (including phenoxy) is 1. The van der Waals surface area contributed by atoms with Gasteiger partial charge in [-0.05, 0) is 55.4 Å². The molecule has 8 nitrogen and oxygen atoms in total. The lowest BCUT2D eigenvalue weighted by Gasteiger charge is -2.31. The summed E-state index contributed by atoms with van der Waals surface area (Å²) in [6, 6.07) is 19.2. The molecule has 1 aliphatic carbocycles. The number of nitrogens with zero attached hydrogens (tertiary/aromatic N) is 4. The average molecular weight is 496 g/mol. The van der Waals surface area contributed by atoms with E-state index in [1.165, 1.54) is 0 Å². The molecule has 0 bridgehead atoms. The molecule has 1 saturated carbocycles. The molecule has 3 heterocycles. The summed E-state index contributed by atoms with van der Waals surface area (Å²) in [5.41, 5.74) is 10.5. The smallest absolute Gasteiger partial charge is 0.191 e. The van der Waals surface area contributed by atoms with Gasteiger partial charge in [0, 0.05) is 36.9 Å². The van der Waals surface area contributed by atoms with Crippen LogP contribution in [-0.4, -0.2) is 39.6 Å². The molecule has 0 atom stereocenters. The van der Waals surface area contributed by atoms with Gasteiger partial charge in [-0.25, -0.2) is 9.97 Å². The van der Waals surface area contributed by atoms with Crippen molar-refractivity contribution in [2.45, 2.75) is 50.8 Å². The van der Waals surface area contributed by atoms with E-state index in [2.05, 4.69) is 60.6 Å². The lowest BCUT2D eigenvalue weighted by Crippen LogP contribution is -2.46. The van der Waals surface area contributed by atoms with E-state index in [9.17, 15) is 0 Å². The number of rotatable bonds is 6. The summed E-state index contributed by atoms with van der Waals surface area (Å²) in [6.45, 7) is 2.43. The van der Waals surface area contributed by atoms with Crippen molar-refractivity contribution >= 4 is 22.8 Å². The monoisotopic (exact) mass is 495 g/mol. The van der Waals surface area contributed by atoms with Crippen LogP contribution < -0.4 is 21.1 Å². The number of nitrogens with one attached hydrogen (secondary N) is 2. The van der Waals surface area contributed by atoms with Gasteiger partial charge in [-0.2, -0.15) is 0 Å². The SMILES string of the molecule is Nc1ncnc2c1c(-c1cccc(OCc3ccccc3)c1)cn2[C@H]1CC[C@@H](NC2=NCCCN2)CC1. The number of anilines is 1. The van der Waals surface area contributed by atoms with Crippen LogP contribution in [-0.2, 0) is 6.61 Å². The number of aromatic nitrogens is 3. The Balaban J connectivity index is 1.23. The Bertz CT molecular complexity index is 1390. The third-order valence-corrected chi connectivity index (χ3v) is 7.36. The van der Waals surface area contributed by atoms with Crippen molar-refractivity contribution < 1.29 is 4.74 Å². The average Bonchev–Trinajstić information content (AvgIpc) is 3.35. The molecule has 6 rings (SSSR count). The van der Waals surface area contributed by atoms with E-state index in [1.807, 2.05) is 30.3 Å². The minimum Gasteiger partial charge on any atom is -0.489 e. The van der Waals surface area contributed by atoms with Crippen LogP contribution in [0, 0.1) is 0 Å². The summed E-state index contributed by atoms with van der Waals surface area (Å²) in [7, 11) is 0. The van der Waals surface area contributed by atoms with Gasteiger partial charge in [-0.3, -0.25) is 4.99 Å². The summed E-state index contributed by atoms with van der Waals surface area (Å²) in [4.78, 5) is 13.6. The molecule has 37 heavy (non-hydrogen) atoms. The van der Waals surface area contributed by atoms with E-state index < -0.39 is 0 Å². The molecule has 190 valence electrons. The third kappa shape index (κ3) is 5.09. The van der Waals surface area contributed by atoms with E-state index in [-0.39, 0.29) is 0 Å². The van der Waals surface area contributed by atoms with Crippen LogP contribution >= 0.6 is 0 Å². The summed E-state index contributed by atoms with van der Waals surface area (Å²) >= 11 is 0. The normalized spacial score (nSPS) is 19.7. The first-order valence-electron chi connectivity index (χ1n) is 13.2. The molecule has 2 aromatic carbocycles. The van der Waals surface area contributed by atoms with Crippen molar-refractivity contribution in [1.29, 1.82) is 0 Å². The number of aliphatic imine (C=N–C) groups is 1. The number of benzene rings is 2. The second-order valence-corrected chi connectivity index (χ2v) is 9.87. The number of nitrogens with two attached hydrogens (primary N) is 1. The van der Waals surface area contributed by atoms with Crippen LogP contribution in [0.4, 0.5) is 5.82 Å². The Kier molecular flexibility index (Phi) is 6.62. The van der Waals surface area contributed by atoms with Gasteiger partial charge >= 0.3 is 0 Å². The predicted molar refractivity (Wildman–Crippen MR) is 148 cm³/mol. The first kappa shape index (κ1) is 23.3. The van der Waals surface area contributed by atoms with Gasteiger partial charge in [0.2, 0.25) is 0 Å². The quantitative estimate of drug-likeness (QED) is 0.359. The molecular formula is C29H33N7O. The Labute approximate surface area is 217 Å². The van der Waals surface area contributed by atoms with Gasteiger partial charge in [0.25, 0.3) is 0 Å². The zero-order valence-electron chi connectivity index (χ0n) is 20.9. The van der Waals surface area contributed by atoms with E-state index in [0.29, 0.717) is 24.5 Å². The van der Waals surface area contributed by atoms with Gasteiger partial charge in [-0.1, -0.05) is 42.5 Å². The Morgan fingerprint density at radius 2 is 1.89 bits per heavy atom. The molecule has 1 aliphatic heterocycles. The van der Waals surface area contributed by atoms with Gasteiger partial charge < -0.3 is 25.7 Å². The van der Waals surface area contributed by atoms with E-state index in [1.54, 1.807) is 6.33 Å². The molecule has 2 aromatic heterocycles. The lowest BCUT2D eigenvalue weighted by atomic mass is 9.91. The largest absolute Gasteiger partial charge is 0.489 e. The van der Waals surface area contributed by atoms with Crippen molar-refractivity contribution in [3.63, 3.8) is 0 Å². The minimum absolute atomic E-state index is 0.363. The molecule has 8 heteroatoms. The van der Waals surface area contributed by atoms with E-state index in [4.69, 9.17) is 10.5 Å². The van der Waals surface area contributed by atoms with Gasteiger partial charge in [-0.15, -0.1) is 0 Å². The van der Waals surface area contributed by atoms with Gasteiger partial charge in [0.1, 0.15) is 30.1 Å². The van der Waals surface area contributed by atoms with Crippen LogP contribution in [0.1, 0.15) is 43.7 Å². The molecule has 1 fully saturated rings. The standard InChI is InChI=1S/C29H33N7O/c30-27-26-25(21-8-4-9-24(16-21)37-18-20-6-2-1-3-7-20)17-36(28(26)34-19-33-27)23-12-10-22(11-13-23)35-29-31-14-5-15-32-29/h1-4,6-9,16-17,19,22-23H,5,10-15,18H2,(H2,30,33,34)(H2,31,32,35)/t22-,23+. The molecule has 0 saturated heterocycles. The fraction of sp³-hybridized carbons (Fsp3) is 0.345. The van der Waals surface area contributed by atoms with Crippen LogP contribution in [0.25, 0.3) is 22.2 Å². The summed E-state index contributed by atoms with van der Waals surface area (Å²) in [5, 5.41) is 7.89. The van der Waals surface area contributed by atoms with Crippen molar-refractivity contribution in [2.24, 2.45) is 4.99 Å². The number of guanidine groups is 1. The maximum absolute atomic E-state index is 6.41. The maximum atomic E-state index is 6.41. The Morgan fingerprint density at radius 1 is 1.03 bits per heavy atom. The summed E-state index contributed by atoms with van der Waals surface area (Å²) in [6.07, 6.45) is 9.19. The van der Waals surface area contributed by atoms with Gasteiger partial charge in [0.15, 0.2) is 5.96 Å². The Hall–Kier alpha value is -4.07. The zero-order chi connectivity index (χ0) is 25.0. The second kappa shape index (κ2) is 10.5. The molecule has 0 spiro atoms. The molecule has 4 aromatic rings. The van der Waals surface area contributed by atoms with Crippen molar-refractivity contribution in [3.05, 3.63) is 72.7 Å². The molecule has 0 amide bonds. The second-order valence-electron chi connectivity index (χ2n) is 9.87. The number of hydrogen-bond acceptors (Lipinski definition) is 7. The fourth-order valence-corrected chi connectivity index (χ4v) is 5.42. The van der Waals surface area contributed by atoms with Crippen molar-refractivity contribution in [3.8, 4) is 16.9 Å². The van der Waals surface area contributed by atoms with Crippen molar-refractivity contribution in [1.82, 2.24) is 25.2 Å². The van der Waals surface area contributed by atoms with Crippen LogP contribution in [0.15, 0.2) is 72.1 Å². The maximum Gasteiger partial charge on any atom is 0.191 e. The number of fused-ring (bicyclic) bond motifs is 1. The highest BCUT2D eigenvalue weighted by Crippen LogP contribution is 2.38. The topological polar surface area (TPSA) is 102 Å². The highest BCUT2D eigenvalue weighted by Gasteiger charge is 2.26.